The number of ether oxygens (including phenoxy) is 12. The lowest BCUT2D eigenvalue weighted by Crippen LogP contribution is -2.49. The number of hydrogen-bond acceptors (Lipinski definition) is 22. The Hall–Kier alpha value is -8.65. The molecule has 4 aliphatic rings. The van der Waals surface area contributed by atoms with Crippen molar-refractivity contribution in [2.75, 3.05) is 110 Å². The molecule has 2 saturated heterocycles. The molecule has 6 aromatic carbocycles. The first-order chi connectivity index (χ1) is 53.1. The van der Waals surface area contributed by atoms with Crippen LogP contribution in [0.4, 0.5) is 41.1 Å². The highest BCUT2D eigenvalue weighted by atomic mass is 35.5. The second-order valence-corrected chi connectivity index (χ2v) is 31.0. The van der Waals surface area contributed by atoms with Crippen LogP contribution >= 0.6 is 58.0 Å². The van der Waals surface area contributed by atoms with Crippen molar-refractivity contribution in [2.24, 2.45) is 10.8 Å². The molecular formula is C79H91Cl5F2N6O20. The van der Waals surface area contributed by atoms with E-state index in [1.807, 2.05) is 41.5 Å². The fourth-order valence-corrected chi connectivity index (χ4v) is 14.9. The molecule has 0 aromatic heterocycles. The van der Waals surface area contributed by atoms with E-state index in [0.717, 1.165) is 0 Å². The summed E-state index contributed by atoms with van der Waals surface area (Å²) in [5, 5.41) is 19.0. The Morgan fingerprint density at radius 1 is 0.509 bits per heavy atom. The van der Waals surface area contributed by atoms with Crippen molar-refractivity contribution in [2.45, 2.75) is 127 Å². The zero-order valence-electron chi connectivity index (χ0n) is 63.9. The number of benzene rings is 6. The number of anilines is 4. The van der Waals surface area contributed by atoms with Gasteiger partial charge in [0.2, 0.25) is 29.9 Å². The second kappa shape index (κ2) is 39.4. The number of rotatable bonds is 27. The van der Waals surface area contributed by atoms with Crippen molar-refractivity contribution in [3.63, 3.8) is 0 Å². The van der Waals surface area contributed by atoms with E-state index >= 15 is 8.78 Å². The molecule has 2 spiro atoms. The molecule has 10 atom stereocenters. The van der Waals surface area contributed by atoms with Crippen LogP contribution in [0.5, 0.6) is 11.5 Å². The summed E-state index contributed by atoms with van der Waals surface area (Å²) in [4.78, 5) is 105. The summed E-state index contributed by atoms with van der Waals surface area (Å²) in [6.45, 7) is 17.2. The normalized spacial score (nSPS) is 20.4. The van der Waals surface area contributed by atoms with Gasteiger partial charge < -0.3 is 88.7 Å². The van der Waals surface area contributed by atoms with Gasteiger partial charge in [0.1, 0.15) is 47.2 Å². The Morgan fingerprint density at radius 3 is 1.29 bits per heavy atom. The third kappa shape index (κ3) is 21.2. The molecule has 4 amide bonds. The highest BCUT2D eigenvalue weighted by molar-refractivity contribution is 6.32. The Morgan fingerprint density at radius 2 is 0.911 bits per heavy atom. The molecule has 26 nitrogen and oxygen atoms in total. The van der Waals surface area contributed by atoms with Gasteiger partial charge in [-0.3, -0.25) is 19.2 Å². The topological polar surface area (TPSA) is 319 Å². The van der Waals surface area contributed by atoms with Gasteiger partial charge in [-0.05, 0) is 126 Å². The Kier molecular flexibility index (Phi) is 31.3. The van der Waals surface area contributed by atoms with E-state index < -0.39 is 112 Å². The van der Waals surface area contributed by atoms with Crippen molar-refractivity contribution in [3.05, 3.63) is 174 Å². The molecule has 0 aliphatic carbocycles. The summed E-state index contributed by atoms with van der Waals surface area (Å²) < 4.78 is 92.0. The number of fused-ring (bicyclic) bond motifs is 4. The maximum atomic E-state index is 16.1. The standard InChI is InChI=1S/C39H44Cl2FN3O10.C32H32Cl2FN3O5.C8H15ClO5/c1-21(55-37(49)53-17-16-52-15-14-50-5)54-35(47)22-10-13-27(29(18-22)51-6)43-34(46)33-31(24-8-7-9-26(41)32(24)42)39(30(45-33)20-38(2,3)4)25-12-11-23(40)19-28(25)44-36(39)48;1-31(2,3)15-24-32(19-11-10-17(33)14-22(19)37-30(32)41)25(18-7-6-8-20(34)26(18)35)27(38-24)28(39)36-21-12-9-16(29(40)43-5)13-23(21)42-4;1-7(9)14-8(10)13-6-5-12-4-3-11-2/h7-13,18-19,21,30-31,33,45H,14-17,20H2,1-6H3,(H,43,46)(H,44,48);6-14,24-25,27,38H,15H2,1-5H3,(H,36,39)(H,37,41);7H,3-6H2,1-2H3/t21?,30-,31-,33+,39+;24-,25-,27+,32+;/m00./s1. The van der Waals surface area contributed by atoms with Gasteiger partial charge in [-0.15, -0.1) is 0 Å². The fourth-order valence-electron chi connectivity index (χ4n) is 14.1. The van der Waals surface area contributed by atoms with E-state index in [0.29, 0.717) is 78.4 Å². The second-order valence-electron chi connectivity index (χ2n) is 28.7. The molecule has 0 bridgehead atoms. The van der Waals surface area contributed by atoms with E-state index in [1.165, 1.54) is 96.9 Å². The molecule has 10 rings (SSSR count). The Balaban J connectivity index is 0.000000244. The smallest absolute Gasteiger partial charge is 0.495 e. The van der Waals surface area contributed by atoms with Crippen LogP contribution in [-0.4, -0.2) is 172 Å². The molecule has 33 heteroatoms. The monoisotopic (exact) mass is 1660 g/mol. The van der Waals surface area contributed by atoms with Crippen molar-refractivity contribution in [1.29, 1.82) is 0 Å². The van der Waals surface area contributed by atoms with Crippen molar-refractivity contribution in [3.8, 4) is 11.5 Å². The zero-order chi connectivity index (χ0) is 82.2. The van der Waals surface area contributed by atoms with Crippen molar-refractivity contribution in [1.82, 2.24) is 10.6 Å². The molecule has 6 aromatic rings. The van der Waals surface area contributed by atoms with E-state index in [1.54, 1.807) is 61.7 Å². The van der Waals surface area contributed by atoms with Gasteiger partial charge in [0.25, 0.3) is 0 Å². The van der Waals surface area contributed by atoms with Crippen molar-refractivity contribution >= 4 is 129 Å². The molecule has 4 heterocycles. The van der Waals surface area contributed by atoms with Crippen LogP contribution in [-0.2, 0) is 77.4 Å². The van der Waals surface area contributed by atoms with Gasteiger partial charge in [-0.2, -0.15) is 0 Å². The number of carbonyl (C=O) groups is 8. The summed E-state index contributed by atoms with van der Waals surface area (Å²) in [6, 6.07) is 24.4. The SMILES string of the molecule is COC(=O)c1ccc(NC(=O)[C@@H]2N[C@@H](CC(C)(C)C)[C@@]3(C(=O)Nc4cc(Cl)ccc43)[C@H]2c2cccc(Cl)c2F)c(OC)c1.COCCOCCOC(=O)OC(C)Cl.COCCOCCOC(=O)OC(C)OC(=O)c1ccc(NC(=O)[C@@H]2N[C@@H](CC(C)(C)C)[C@@]3(C(=O)Nc4cc(Cl)ccc43)[C@H]2c2cccc(Cl)c2F)c(OC)c1. The van der Waals surface area contributed by atoms with E-state index in [2.05, 4.69) is 41.4 Å². The molecule has 6 N–H and O–H groups in total. The predicted molar refractivity (Wildman–Crippen MR) is 416 cm³/mol. The number of methoxy groups -OCH3 is 5. The summed E-state index contributed by atoms with van der Waals surface area (Å²) in [5.74, 6) is -6.58. The summed E-state index contributed by atoms with van der Waals surface area (Å²) >= 11 is 30.6. The van der Waals surface area contributed by atoms with Gasteiger partial charge >= 0.3 is 24.2 Å². The first kappa shape index (κ1) is 88.9. The largest absolute Gasteiger partial charge is 0.511 e. The third-order valence-electron chi connectivity index (χ3n) is 18.6. The first-order valence-corrected chi connectivity index (χ1v) is 37.4. The predicted octanol–water partition coefficient (Wildman–Crippen LogP) is 14.6. The number of carbonyl (C=O) groups excluding carboxylic acids is 8. The fraction of sp³-hybridized carbons (Fsp3) is 0.443. The molecule has 606 valence electrons. The lowest BCUT2D eigenvalue weighted by Gasteiger charge is -2.37. The molecule has 112 heavy (non-hydrogen) atoms. The highest BCUT2D eigenvalue weighted by Gasteiger charge is 2.68. The number of halogens is 7. The van der Waals surface area contributed by atoms with E-state index in [9.17, 15) is 38.4 Å². The van der Waals surface area contributed by atoms with Gasteiger partial charge in [0, 0.05) is 66.5 Å². The maximum absolute atomic E-state index is 16.1. The Bertz CT molecular complexity index is 4400. The van der Waals surface area contributed by atoms with Crippen LogP contribution in [0, 0.1) is 22.5 Å². The summed E-state index contributed by atoms with van der Waals surface area (Å²) in [7, 11) is 7.13. The molecule has 2 fully saturated rings. The number of hydrogen-bond donors (Lipinski definition) is 6. The van der Waals surface area contributed by atoms with Gasteiger partial charge in [-0.25, -0.2) is 28.0 Å². The maximum Gasteiger partial charge on any atom is 0.511 e. The lowest BCUT2D eigenvalue weighted by atomic mass is 9.62. The van der Waals surface area contributed by atoms with Gasteiger partial charge in [0.15, 0.2) is 5.56 Å². The minimum absolute atomic E-state index is 0.0187. The van der Waals surface area contributed by atoms with Crippen LogP contribution in [0.3, 0.4) is 0 Å². The average Bonchev–Trinajstić information content (AvgIpc) is 1.54. The van der Waals surface area contributed by atoms with Crippen LogP contribution in [0.25, 0.3) is 0 Å². The van der Waals surface area contributed by atoms with E-state index in [-0.39, 0.29) is 91.7 Å². The molecule has 4 aliphatic heterocycles. The third-order valence-corrected chi connectivity index (χ3v) is 19.7. The Labute approximate surface area is 672 Å². The zero-order valence-corrected chi connectivity index (χ0v) is 67.7. The summed E-state index contributed by atoms with van der Waals surface area (Å²) in [5.41, 5.74) is -1.07. The number of nitrogens with one attached hydrogen (secondary N) is 6. The van der Waals surface area contributed by atoms with Crippen LogP contribution in [0.2, 0.25) is 20.1 Å². The number of amides is 4. The first-order valence-electron chi connectivity index (χ1n) is 35.4. The van der Waals surface area contributed by atoms with Gasteiger partial charge in [-0.1, -0.05) is 136 Å². The average molecular weight is 1660 g/mol. The summed E-state index contributed by atoms with van der Waals surface area (Å²) in [6.07, 6.45) is -2.25. The molecule has 0 radical (unpaired) electrons. The quantitative estimate of drug-likeness (QED) is 0.00917. The van der Waals surface area contributed by atoms with Crippen LogP contribution in [0.1, 0.15) is 123 Å². The highest BCUT2D eigenvalue weighted by Crippen LogP contribution is 2.59. The minimum Gasteiger partial charge on any atom is -0.495 e. The molecule has 2 unspecified atom stereocenters. The minimum atomic E-state index is -1.46. The number of alkyl halides is 1. The number of esters is 2. The van der Waals surface area contributed by atoms with Crippen molar-refractivity contribution < 1.29 is 104 Å². The molecule has 0 saturated carbocycles. The molecular weight excluding hydrogens is 1570 g/mol. The lowest BCUT2D eigenvalue weighted by molar-refractivity contribution is -0.123. The van der Waals surface area contributed by atoms with E-state index in [4.69, 9.17) is 105 Å². The van der Waals surface area contributed by atoms with Crippen LogP contribution < -0.4 is 41.4 Å². The van der Waals surface area contributed by atoms with Crippen LogP contribution in [0.15, 0.2) is 109 Å². The van der Waals surface area contributed by atoms with Gasteiger partial charge in [0.05, 0.1) is 106 Å².